The van der Waals surface area contributed by atoms with E-state index in [1.54, 1.807) is 11.6 Å². The van der Waals surface area contributed by atoms with Gasteiger partial charge in [0.2, 0.25) is 5.95 Å². The summed E-state index contributed by atoms with van der Waals surface area (Å²) in [6.07, 6.45) is 4.40. The standard InChI is InChI=1S/C22H24ClN7O/c1-24-22-27-20-16(4-3-5-17(20)31-2)21-26-19(28-30(21)22)13-29(11-14-6-7-14)12-15-8-9-18(23)25-10-15/h3-5,8-10,14H,6-7,11-13H2,1-2H3,(H,24,27). The zero-order chi connectivity index (χ0) is 21.4. The van der Waals surface area contributed by atoms with Crippen LogP contribution in [0.3, 0.4) is 0 Å². The Morgan fingerprint density at radius 2 is 2.06 bits per heavy atom. The second kappa shape index (κ2) is 8.28. The Labute approximate surface area is 185 Å². The molecule has 0 radical (unpaired) electrons. The normalized spacial score (nSPS) is 13.9. The second-order valence-electron chi connectivity index (χ2n) is 7.91. The average molecular weight is 438 g/mol. The lowest BCUT2D eigenvalue weighted by atomic mass is 10.2. The summed E-state index contributed by atoms with van der Waals surface area (Å²) < 4.78 is 7.28. The van der Waals surface area contributed by atoms with Gasteiger partial charge >= 0.3 is 0 Å². The fraction of sp³-hybridized carbons (Fsp3) is 0.364. The molecular weight excluding hydrogens is 414 g/mol. The Balaban J connectivity index is 1.50. The maximum atomic E-state index is 5.95. The maximum Gasteiger partial charge on any atom is 0.226 e. The predicted octanol–water partition coefficient (Wildman–Crippen LogP) is 3.79. The average Bonchev–Trinajstić information content (AvgIpc) is 3.49. The fourth-order valence-electron chi connectivity index (χ4n) is 3.85. The van der Waals surface area contributed by atoms with Crippen molar-refractivity contribution in [2.75, 3.05) is 26.0 Å². The number of pyridine rings is 1. The molecule has 8 nitrogen and oxygen atoms in total. The van der Waals surface area contributed by atoms with Crippen molar-refractivity contribution < 1.29 is 4.74 Å². The summed E-state index contributed by atoms with van der Waals surface area (Å²) >= 11 is 5.95. The molecule has 0 amide bonds. The highest BCUT2D eigenvalue weighted by Gasteiger charge is 2.25. The lowest BCUT2D eigenvalue weighted by Gasteiger charge is -2.20. The van der Waals surface area contributed by atoms with Crippen molar-refractivity contribution in [3.63, 3.8) is 0 Å². The minimum Gasteiger partial charge on any atom is -0.494 e. The number of benzene rings is 1. The first-order valence-corrected chi connectivity index (χ1v) is 10.8. The topological polar surface area (TPSA) is 80.5 Å². The van der Waals surface area contributed by atoms with Gasteiger partial charge in [0, 0.05) is 31.7 Å². The van der Waals surface area contributed by atoms with Crippen molar-refractivity contribution in [1.82, 2.24) is 29.5 Å². The number of nitrogens with one attached hydrogen (secondary N) is 1. The number of para-hydroxylation sites is 1. The number of ether oxygens (including phenoxy) is 1. The summed E-state index contributed by atoms with van der Waals surface area (Å²) in [5, 5.41) is 9.32. The van der Waals surface area contributed by atoms with Gasteiger partial charge in [0.15, 0.2) is 11.5 Å². The van der Waals surface area contributed by atoms with Gasteiger partial charge in [-0.1, -0.05) is 23.7 Å². The van der Waals surface area contributed by atoms with Gasteiger partial charge in [0.25, 0.3) is 0 Å². The molecule has 5 rings (SSSR count). The number of hydrogen-bond donors (Lipinski definition) is 1. The van der Waals surface area contributed by atoms with Crippen LogP contribution >= 0.6 is 11.6 Å². The molecule has 31 heavy (non-hydrogen) atoms. The molecule has 3 aromatic heterocycles. The van der Waals surface area contributed by atoms with Crippen LogP contribution < -0.4 is 10.1 Å². The molecule has 1 saturated carbocycles. The van der Waals surface area contributed by atoms with Crippen molar-refractivity contribution in [3.8, 4) is 5.75 Å². The van der Waals surface area contributed by atoms with Crippen LogP contribution in [-0.2, 0) is 13.1 Å². The number of hydrogen-bond acceptors (Lipinski definition) is 7. The number of fused-ring (bicyclic) bond motifs is 3. The van der Waals surface area contributed by atoms with Crippen LogP contribution in [0, 0.1) is 5.92 Å². The largest absolute Gasteiger partial charge is 0.494 e. The lowest BCUT2D eigenvalue weighted by Crippen LogP contribution is -2.26. The van der Waals surface area contributed by atoms with Crippen molar-refractivity contribution in [2.24, 2.45) is 5.92 Å². The third-order valence-electron chi connectivity index (χ3n) is 5.53. The van der Waals surface area contributed by atoms with Crippen LogP contribution in [0.2, 0.25) is 5.15 Å². The molecule has 0 saturated heterocycles. The van der Waals surface area contributed by atoms with Gasteiger partial charge in [0.1, 0.15) is 16.4 Å². The zero-order valence-electron chi connectivity index (χ0n) is 17.5. The van der Waals surface area contributed by atoms with Crippen LogP contribution in [0.4, 0.5) is 5.95 Å². The van der Waals surface area contributed by atoms with E-state index in [9.17, 15) is 0 Å². The summed E-state index contributed by atoms with van der Waals surface area (Å²) in [5.74, 6) is 2.85. The smallest absolute Gasteiger partial charge is 0.226 e. The summed E-state index contributed by atoms with van der Waals surface area (Å²) in [4.78, 5) is 16.2. The molecule has 0 atom stereocenters. The first-order valence-electron chi connectivity index (χ1n) is 10.4. The molecule has 1 aliphatic carbocycles. The predicted molar refractivity (Wildman–Crippen MR) is 120 cm³/mol. The highest BCUT2D eigenvalue weighted by atomic mass is 35.5. The number of rotatable bonds is 8. The maximum absolute atomic E-state index is 5.95. The summed E-state index contributed by atoms with van der Waals surface area (Å²) in [6.45, 7) is 2.45. The highest BCUT2D eigenvalue weighted by molar-refractivity contribution is 6.29. The fourth-order valence-corrected chi connectivity index (χ4v) is 3.96. The van der Waals surface area contributed by atoms with E-state index in [-0.39, 0.29) is 0 Å². The SMILES string of the molecule is CNc1nc2c(OC)cccc2c2nc(CN(Cc3ccc(Cl)nc3)CC3CC3)nn12. The van der Waals surface area contributed by atoms with Crippen LogP contribution in [0.5, 0.6) is 5.75 Å². The molecule has 1 N–H and O–H groups in total. The second-order valence-corrected chi connectivity index (χ2v) is 8.29. The molecular formula is C22H24ClN7O. The van der Waals surface area contributed by atoms with Crippen LogP contribution in [0.15, 0.2) is 36.5 Å². The van der Waals surface area contributed by atoms with Crippen molar-refractivity contribution >= 4 is 34.1 Å². The van der Waals surface area contributed by atoms with E-state index < -0.39 is 0 Å². The molecule has 3 heterocycles. The van der Waals surface area contributed by atoms with Gasteiger partial charge in [-0.05, 0) is 42.5 Å². The molecule has 1 aromatic carbocycles. The first-order chi connectivity index (χ1) is 15.1. The molecule has 1 aliphatic rings. The third-order valence-corrected chi connectivity index (χ3v) is 5.75. The van der Waals surface area contributed by atoms with Crippen LogP contribution in [-0.4, -0.2) is 50.2 Å². The van der Waals surface area contributed by atoms with Gasteiger partial charge < -0.3 is 10.1 Å². The summed E-state index contributed by atoms with van der Waals surface area (Å²) in [5.41, 5.74) is 2.66. The molecule has 0 unspecified atom stereocenters. The monoisotopic (exact) mass is 437 g/mol. The quantitative estimate of drug-likeness (QED) is 0.420. The van der Waals surface area contributed by atoms with Gasteiger partial charge in [-0.25, -0.2) is 15.0 Å². The van der Waals surface area contributed by atoms with Gasteiger partial charge in [0.05, 0.1) is 13.7 Å². The lowest BCUT2D eigenvalue weighted by molar-refractivity contribution is 0.240. The minimum atomic E-state index is 0.508. The van der Waals surface area contributed by atoms with E-state index in [4.69, 9.17) is 31.4 Å². The molecule has 0 spiro atoms. The van der Waals surface area contributed by atoms with Crippen molar-refractivity contribution in [2.45, 2.75) is 25.9 Å². The Hall–Kier alpha value is -2.97. The Morgan fingerprint density at radius 1 is 1.19 bits per heavy atom. The number of anilines is 1. The number of halogens is 1. The number of nitrogens with zero attached hydrogens (tertiary/aromatic N) is 6. The highest BCUT2D eigenvalue weighted by Crippen LogP contribution is 2.31. The molecule has 9 heteroatoms. The molecule has 4 aromatic rings. The molecule has 1 fully saturated rings. The van der Waals surface area contributed by atoms with Crippen molar-refractivity contribution in [3.05, 3.63) is 53.1 Å². The van der Waals surface area contributed by atoms with Crippen LogP contribution in [0.25, 0.3) is 16.6 Å². The third kappa shape index (κ3) is 4.13. The van der Waals surface area contributed by atoms with E-state index in [0.717, 1.165) is 46.9 Å². The molecule has 0 bridgehead atoms. The van der Waals surface area contributed by atoms with E-state index >= 15 is 0 Å². The van der Waals surface area contributed by atoms with E-state index in [1.165, 1.54) is 12.8 Å². The number of methoxy groups -OCH3 is 1. The first kappa shape index (κ1) is 20.0. The molecule has 0 aliphatic heterocycles. The Morgan fingerprint density at radius 3 is 2.77 bits per heavy atom. The van der Waals surface area contributed by atoms with Crippen LogP contribution in [0.1, 0.15) is 24.2 Å². The van der Waals surface area contributed by atoms with E-state index in [1.807, 2.05) is 43.6 Å². The Kier molecular flexibility index (Phi) is 5.33. The van der Waals surface area contributed by atoms with Gasteiger partial charge in [-0.2, -0.15) is 4.52 Å². The van der Waals surface area contributed by atoms with E-state index in [2.05, 4.69) is 15.2 Å². The van der Waals surface area contributed by atoms with Gasteiger partial charge in [-0.15, -0.1) is 5.10 Å². The Bertz CT molecular complexity index is 1220. The summed E-state index contributed by atoms with van der Waals surface area (Å²) in [7, 11) is 3.48. The zero-order valence-corrected chi connectivity index (χ0v) is 18.3. The van der Waals surface area contributed by atoms with E-state index in [0.29, 0.717) is 23.4 Å². The minimum absolute atomic E-state index is 0.508. The molecule has 160 valence electrons. The number of aromatic nitrogens is 5. The summed E-state index contributed by atoms with van der Waals surface area (Å²) in [6, 6.07) is 9.71. The van der Waals surface area contributed by atoms with Gasteiger partial charge in [-0.3, -0.25) is 4.90 Å². The van der Waals surface area contributed by atoms with Crippen molar-refractivity contribution in [1.29, 1.82) is 0 Å².